The second-order valence-electron chi connectivity index (χ2n) is 6.86. The van der Waals surface area contributed by atoms with Gasteiger partial charge >= 0.3 is 0 Å². The lowest BCUT2D eigenvalue weighted by Crippen LogP contribution is -2.16. The Morgan fingerprint density at radius 1 is 1.30 bits per heavy atom. The fraction of sp³-hybridized carbons (Fsp3) is 0.444. The van der Waals surface area contributed by atoms with Crippen molar-refractivity contribution in [2.45, 2.75) is 46.0 Å². The first-order valence-electron chi connectivity index (χ1n) is 7.99. The van der Waals surface area contributed by atoms with E-state index in [0.717, 1.165) is 16.9 Å². The van der Waals surface area contributed by atoms with Crippen molar-refractivity contribution in [3.63, 3.8) is 0 Å². The van der Waals surface area contributed by atoms with E-state index >= 15 is 0 Å². The van der Waals surface area contributed by atoms with Crippen molar-refractivity contribution in [1.29, 1.82) is 0 Å². The van der Waals surface area contributed by atoms with Gasteiger partial charge in [-0.25, -0.2) is 4.68 Å². The summed E-state index contributed by atoms with van der Waals surface area (Å²) >= 11 is 0. The highest BCUT2D eigenvalue weighted by atomic mass is 16.1. The average molecular weight is 314 g/mol. The van der Waals surface area contributed by atoms with Gasteiger partial charge in [-0.2, -0.15) is 5.10 Å². The zero-order valence-corrected chi connectivity index (χ0v) is 14.4. The van der Waals surface area contributed by atoms with Crippen molar-refractivity contribution in [3.8, 4) is 5.69 Å². The number of aryl methyl sites for hydroxylation is 1. The monoisotopic (exact) mass is 314 g/mol. The van der Waals surface area contributed by atoms with Crippen LogP contribution in [0.4, 0.5) is 5.82 Å². The molecule has 0 aliphatic heterocycles. The second-order valence-corrected chi connectivity index (χ2v) is 6.86. The lowest BCUT2D eigenvalue weighted by Gasteiger charge is -2.14. The quantitative estimate of drug-likeness (QED) is 0.890. The summed E-state index contributed by atoms with van der Waals surface area (Å²) in [6, 6.07) is 10.0. The lowest BCUT2D eigenvalue weighted by atomic mass is 9.92. The predicted octanol–water partition coefficient (Wildman–Crippen LogP) is 3.16. The summed E-state index contributed by atoms with van der Waals surface area (Å²) < 4.78 is 1.80. The Morgan fingerprint density at radius 2 is 2.04 bits per heavy atom. The molecular formula is C18H26N4O. The highest BCUT2D eigenvalue weighted by molar-refractivity contribution is 5.90. The molecule has 124 valence electrons. The molecule has 3 N–H and O–H groups in total. The van der Waals surface area contributed by atoms with E-state index in [1.54, 1.807) is 4.68 Å². The Labute approximate surface area is 137 Å². The molecule has 1 aromatic heterocycles. The number of hydrogen-bond donors (Lipinski definition) is 2. The molecule has 0 saturated carbocycles. The summed E-state index contributed by atoms with van der Waals surface area (Å²) in [5.41, 5.74) is 8.41. The van der Waals surface area contributed by atoms with Crippen molar-refractivity contribution < 1.29 is 4.79 Å². The van der Waals surface area contributed by atoms with Gasteiger partial charge in [0.1, 0.15) is 5.82 Å². The van der Waals surface area contributed by atoms with Crippen LogP contribution < -0.4 is 11.1 Å². The second kappa shape index (κ2) is 6.96. The standard InChI is InChI=1S/C18H26N4O/c1-13-7-5-8-14(11-13)22-16(20-17(23)9-6-10-19)12-15(21-22)18(2,3)4/h5,7-8,11-12H,6,9-10,19H2,1-4H3,(H,20,23). The van der Waals surface area contributed by atoms with Gasteiger partial charge in [0.2, 0.25) is 5.91 Å². The van der Waals surface area contributed by atoms with Crippen LogP contribution in [0.5, 0.6) is 0 Å². The third-order valence-corrected chi connectivity index (χ3v) is 3.60. The molecule has 23 heavy (non-hydrogen) atoms. The first-order valence-corrected chi connectivity index (χ1v) is 7.99. The van der Waals surface area contributed by atoms with Gasteiger partial charge in [-0.05, 0) is 37.6 Å². The van der Waals surface area contributed by atoms with Gasteiger partial charge in [0.05, 0.1) is 11.4 Å². The minimum absolute atomic E-state index is 0.0373. The molecule has 0 aliphatic carbocycles. The fourth-order valence-electron chi connectivity index (χ4n) is 2.26. The van der Waals surface area contributed by atoms with Crippen LogP contribution in [-0.2, 0) is 10.2 Å². The van der Waals surface area contributed by atoms with Crippen LogP contribution in [0, 0.1) is 6.92 Å². The number of amides is 1. The lowest BCUT2D eigenvalue weighted by molar-refractivity contribution is -0.116. The summed E-state index contributed by atoms with van der Waals surface area (Å²) in [5.74, 6) is 0.659. The van der Waals surface area contributed by atoms with Gasteiger partial charge in [0, 0.05) is 17.9 Å². The Bertz CT molecular complexity index is 683. The third kappa shape index (κ3) is 4.42. The summed E-state index contributed by atoms with van der Waals surface area (Å²) in [7, 11) is 0. The molecule has 2 rings (SSSR count). The maximum Gasteiger partial charge on any atom is 0.225 e. The van der Waals surface area contributed by atoms with Crippen molar-refractivity contribution in [1.82, 2.24) is 9.78 Å². The van der Waals surface area contributed by atoms with Crippen LogP contribution in [-0.4, -0.2) is 22.2 Å². The molecule has 0 radical (unpaired) electrons. The number of rotatable bonds is 5. The van der Waals surface area contributed by atoms with Gasteiger partial charge in [-0.15, -0.1) is 0 Å². The topological polar surface area (TPSA) is 72.9 Å². The zero-order valence-electron chi connectivity index (χ0n) is 14.4. The normalized spacial score (nSPS) is 11.5. The van der Waals surface area contributed by atoms with Crippen LogP contribution >= 0.6 is 0 Å². The number of aromatic nitrogens is 2. The molecule has 0 unspecified atom stereocenters. The van der Waals surface area contributed by atoms with Crippen LogP contribution in [0.2, 0.25) is 0 Å². The van der Waals surface area contributed by atoms with Gasteiger partial charge in [-0.1, -0.05) is 32.9 Å². The fourth-order valence-corrected chi connectivity index (χ4v) is 2.26. The third-order valence-electron chi connectivity index (χ3n) is 3.60. The molecular weight excluding hydrogens is 288 g/mol. The number of benzene rings is 1. The van der Waals surface area contributed by atoms with Crippen molar-refractivity contribution in [2.24, 2.45) is 5.73 Å². The maximum atomic E-state index is 12.1. The molecule has 1 heterocycles. The van der Waals surface area contributed by atoms with E-state index in [0.29, 0.717) is 25.2 Å². The predicted molar refractivity (Wildman–Crippen MR) is 93.9 cm³/mol. The molecule has 0 aliphatic rings. The number of nitrogens with zero attached hydrogens (tertiary/aromatic N) is 2. The maximum absolute atomic E-state index is 12.1. The highest BCUT2D eigenvalue weighted by Crippen LogP contribution is 2.26. The van der Waals surface area contributed by atoms with Crippen molar-refractivity contribution in [2.75, 3.05) is 11.9 Å². The minimum atomic E-state index is -0.0915. The average Bonchev–Trinajstić information content (AvgIpc) is 2.89. The molecule has 0 fully saturated rings. The van der Waals surface area contributed by atoms with Gasteiger partial charge in [0.15, 0.2) is 0 Å². The number of nitrogens with one attached hydrogen (secondary N) is 1. The first-order chi connectivity index (χ1) is 10.8. The number of hydrogen-bond acceptors (Lipinski definition) is 3. The van der Waals surface area contributed by atoms with E-state index in [-0.39, 0.29) is 11.3 Å². The van der Waals surface area contributed by atoms with Crippen molar-refractivity contribution >= 4 is 11.7 Å². The number of carbonyl (C=O) groups is 1. The highest BCUT2D eigenvalue weighted by Gasteiger charge is 2.21. The van der Waals surface area contributed by atoms with E-state index in [1.165, 1.54) is 0 Å². The minimum Gasteiger partial charge on any atom is -0.330 e. The molecule has 2 aromatic rings. The smallest absolute Gasteiger partial charge is 0.225 e. The number of nitrogens with two attached hydrogens (primary N) is 1. The van der Waals surface area contributed by atoms with E-state index in [2.05, 4.69) is 32.2 Å². The Kier molecular flexibility index (Phi) is 5.21. The van der Waals surface area contributed by atoms with Gasteiger partial charge in [-0.3, -0.25) is 4.79 Å². The summed E-state index contributed by atoms with van der Waals surface area (Å²) in [6.07, 6.45) is 1.09. The van der Waals surface area contributed by atoms with E-state index < -0.39 is 0 Å². The van der Waals surface area contributed by atoms with Crippen LogP contribution in [0.15, 0.2) is 30.3 Å². The molecule has 5 nitrogen and oxygen atoms in total. The van der Waals surface area contributed by atoms with Crippen LogP contribution in [0.25, 0.3) is 5.69 Å². The van der Waals surface area contributed by atoms with Gasteiger partial charge in [0.25, 0.3) is 0 Å². The Morgan fingerprint density at radius 3 is 2.65 bits per heavy atom. The molecule has 0 atom stereocenters. The molecule has 0 saturated heterocycles. The molecule has 0 bridgehead atoms. The Balaban J connectivity index is 2.39. The number of anilines is 1. The summed E-state index contributed by atoms with van der Waals surface area (Å²) in [4.78, 5) is 12.1. The first kappa shape index (κ1) is 17.2. The molecule has 1 aromatic carbocycles. The van der Waals surface area contributed by atoms with E-state index in [4.69, 9.17) is 10.8 Å². The molecule has 5 heteroatoms. The van der Waals surface area contributed by atoms with E-state index in [1.807, 2.05) is 31.2 Å². The van der Waals surface area contributed by atoms with Crippen LogP contribution in [0.1, 0.15) is 44.9 Å². The SMILES string of the molecule is Cc1cccc(-n2nc(C(C)(C)C)cc2NC(=O)CCCN)c1. The Hall–Kier alpha value is -2.14. The van der Waals surface area contributed by atoms with Crippen molar-refractivity contribution in [3.05, 3.63) is 41.6 Å². The number of carbonyl (C=O) groups excluding carboxylic acids is 1. The zero-order chi connectivity index (χ0) is 17.0. The molecule has 1 amide bonds. The molecule has 0 spiro atoms. The summed E-state index contributed by atoms with van der Waals surface area (Å²) in [6.45, 7) is 8.87. The summed E-state index contributed by atoms with van der Waals surface area (Å²) in [5, 5.41) is 7.67. The van der Waals surface area contributed by atoms with E-state index in [9.17, 15) is 4.79 Å². The van der Waals surface area contributed by atoms with Gasteiger partial charge < -0.3 is 11.1 Å². The largest absolute Gasteiger partial charge is 0.330 e. The van der Waals surface area contributed by atoms with Crippen LogP contribution in [0.3, 0.4) is 0 Å².